The second kappa shape index (κ2) is 7.59. The highest BCUT2D eigenvalue weighted by Crippen LogP contribution is 2.52. The fourth-order valence-corrected chi connectivity index (χ4v) is 3.60. The van der Waals surface area contributed by atoms with Gasteiger partial charge in [0.25, 0.3) is 0 Å². The summed E-state index contributed by atoms with van der Waals surface area (Å²) in [5.74, 6) is -1.92. The van der Waals surface area contributed by atoms with Gasteiger partial charge in [0, 0.05) is 11.1 Å². The molecule has 1 aromatic carbocycles. The molecule has 1 aliphatic rings. The van der Waals surface area contributed by atoms with E-state index in [1.165, 1.54) is 0 Å². The van der Waals surface area contributed by atoms with Crippen molar-refractivity contribution >= 4 is 17.9 Å². The molecule has 0 saturated heterocycles. The normalized spacial score (nSPS) is 15.0. The zero-order chi connectivity index (χ0) is 18.6. The van der Waals surface area contributed by atoms with Gasteiger partial charge < -0.3 is 19.7 Å². The second-order valence-corrected chi connectivity index (χ2v) is 5.96. The second-order valence-electron chi connectivity index (χ2n) is 5.96. The predicted molar refractivity (Wildman–Crippen MR) is 92.5 cm³/mol. The van der Waals surface area contributed by atoms with Crippen molar-refractivity contribution in [2.75, 3.05) is 0 Å². The van der Waals surface area contributed by atoms with Crippen LogP contribution in [0.4, 0.5) is 9.59 Å². The van der Waals surface area contributed by atoms with Crippen LogP contribution in [0.3, 0.4) is 0 Å². The zero-order valence-corrected chi connectivity index (χ0v) is 14.8. The van der Waals surface area contributed by atoms with Crippen LogP contribution in [-0.4, -0.2) is 22.5 Å². The van der Waals surface area contributed by atoms with Crippen LogP contribution in [0.15, 0.2) is 23.8 Å². The van der Waals surface area contributed by atoms with E-state index >= 15 is 0 Å². The molecular formula is C19H24O6. The lowest BCUT2D eigenvalue weighted by Crippen LogP contribution is -2.37. The van der Waals surface area contributed by atoms with Crippen LogP contribution in [0.5, 0.6) is 0 Å². The molecule has 0 aromatic heterocycles. The molecule has 0 aliphatic heterocycles. The molecule has 1 aromatic rings. The third kappa shape index (κ3) is 3.34. The van der Waals surface area contributed by atoms with E-state index in [2.05, 4.69) is 0 Å². The molecule has 6 nitrogen and oxygen atoms in total. The van der Waals surface area contributed by atoms with Crippen LogP contribution in [0.2, 0.25) is 0 Å². The Morgan fingerprint density at radius 2 is 1.68 bits per heavy atom. The summed E-state index contributed by atoms with van der Waals surface area (Å²) >= 11 is 0. The summed E-state index contributed by atoms with van der Waals surface area (Å²) in [6.07, 6.45) is 0.412. The van der Waals surface area contributed by atoms with Crippen molar-refractivity contribution in [2.24, 2.45) is 0 Å². The Balaban J connectivity index is 2.79. The van der Waals surface area contributed by atoms with E-state index in [1.807, 2.05) is 26.8 Å². The predicted octanol–water partition coefficient (Wildman–Crippen LogP) is 5.16. The zero-order valence-electron chi connectivity index (χ0n) is 14.8. The number of unbranched alkanes of at least 4 members (excludes halogenated alkanes) is 1. The molecule has 0 spiro atoms. The van der Waals surface area contributed by atoms with Gasteiger partial charge in [0.2, 0.25) is 0 Å². The number of carbonyl (C=O) groups is 2. The molecule has 0 bridgehead atoms. The van der Waals surface area contributed by atoms with Gasteiger partial charge >= 0.3 is 18.1 Å². The first-order chi connectivity index (χ1) is 11.9. The minimum absolute atomic E-state index is 0.458. The van der Waals surface area contributed by atoms with Gasteiger partial charge in [-0.2, -0.15) is 0 Å². The van der Waals surface area contributed by atoms with Crippen LogP contribution in [-0.2, 0) is 21.7 Å². The van der Waals surface area contributed by atoms with Crippen molar-refractivity contribution in [1.29, 1.82) is 0 Å². The number of allylic oxidation sites excluding steroid dienone is 1. The van der Waals surface area contributed by atoms with Crippen LogP contribution in [0.1, 0.15) is 63.1 Å². The minimum Gasteiger partial charge on any atom is -0.450 e. The SMILES string of the molecule is CCCCC1=C(CC)c2c(CC)cccc2C1(OC(=O)O)OC(=O)O. The van der Waals surface area contributed by atoms with E-state index in [1.54, 1.807) is 12.1 Å². The van der Waals surface area contributed by atoms with Crippen LogP contribution in [0.25, 0.3) is 5.57 Å². The van der Waals surface area contributed by atoms with Gasteiger partial charge in [-0.1, -0.05) is 45.4 Å². The third-order valence-electron chi connectivity index (χ3n) is 4.55. The van der Waals surface area contributed by atoms with Crippen molar-refractivity contribution in [3.63, 3.8) is 0 Å². The minimum atomic E-state index is -1.92. The highest BCUT2D eigenvalue weighted by Gasteiger charge is 2.52. The van der Waals surface area contributed by atoms with Crippen molar-refractivity contribution in [1.82, 2.24) is 0 Å². The number of hydrogen-bond donors (Lipinski definition) is 2. The summed E-state index contributed by atoms with van der Waals surface area (Å²) in [7, 11) is 0. The molecule has 6 heteroatoms. The van der Waals surface area contributed by atoms with Gasteiger partial charge in [-0.05, 0) is 42.4 Å². The fourth-order valence-electron chi connectivity index (χ4n) is 3.60. The molecule has 1 aliphatic carbocycles. The summed E-state index contributed by atoms with van der Waals surface area (Å²) in [5, 5.41) is 18.6. The van der Waals surface area contributed by atoms with Gasteiger partial charge in [-0.25, -0.2) is 9.59 Å². The standard InChI is InChI=1S/C19H24O6/c1-4-7-10-14-13(6-3)16-12(5-2)9-8-11-15(16)19(14,24-17(20)21)25-18(22)23/h8-9,11H,4-7,10H2,1-3H3,(H,20,21)(H,22,23). The Morgan fingerprint density at radius 3 is 2.16 bits per heavy atom. The van der Waals surface area contributed by atoms with E-state index in [0.29, 0.717) is 24.0 Å². The number of hydrogen-bond acceptors (Lipinski definition) is 4. The molecule has 2 rings (SSSR count). The Morgan fingerprint density at radius 1 is 1.04 bits per heavy atom. The molecule has 0 fully saturated rings. The molecule has 0 unspecified atom stereocenters. The summed E-state index contributed by atoms with van der Waals surface area (Å²) < 4.78 is 10.3. The number of aryl methyl sites for hydroxylation is 1. The maximum absolute atomic E-state index is 11.4. The van der Waals surface area contributed by atoms with Gasteiger partial charge in [0.15, 0.2) is 0 Å². The number of benzene rings is 1. The first-order valence-corrected chi connectivity index (χ1v) is 8.60. The maximum Gasteiger partial charge on any atom is 0.509 e. The highest BCUT2D eigenvalue weighted by molar-refractivity contribution is 5.82. The molecule has 136 valence electrons. The largest absolute Gasteiger partial charge is 0.509 e. The lowest BCUT2D eigenvalue weighted by molar-refractivity contribution is -0.163. The Hall–Kier alpha value is -2.50. The van der Waals surface area contributed by atoms with Crippen LogP contribution >= 0.6 is 0 Å². The smallest absolute Gasteiger partial charge is 0.450 e. The lowest BCUT2D eigenvalue weighted by Gasteiger charge is -2.30. The Kier molecular flexibility index (Phi) is 5.72. The van der Waals surface area contributed by atoms with Crippen LogP contribution in [0, 0.1) is 0 Å². The van der Waals surface area contributed by atoms with Crippen molar-refractivity contribution in [2.45, 2.75) is 58.7 Å². The molecule has 0 atom stereocenters. The third-order valence-corrected chi connectivity index (χ3v) is 4.55. The van der Waals surface area contributed by atoms with E-state index < -0.39 is 18.1 Å². The molecule has 0 radical (unpaired) electrons. The summed E-state index contributed by atoms with van der Waals surface area (Å²) in [5.41, 5.74) is 3.86. The Labute approximate surface area is 147 Å². The number of ether oxygens (including phenoxy) is 2. The van der Waals surface area contributed by atoms with E-state index in [4.69, 9.17) is 9.47 Å². The van der Waals surface area contributed by atoms with Gasteiger partial charge in [0.05, 0.1) is 0 Å². The van der Waals surface area contributed by atoms with Crippen molar-refractivity contribution in [3.8, 4) is 0 Å². The molecule has 0 saturated carbocycles. The first-order valence-electron chi connectivity index (χ1n) is 8.60. The molecule has 0 heterocycles. The van der Waals surface area contributed by atoms with Gasteiger partial charge in [-0.3, -0.25) is 0 Å². The van der Waals surface area contributed by atoms with Crippen molar-refractivity contribution < 1.29 is 29.3 Å². The van der Waals surface area contributed by atoms with Gasteiger partial charge in [0.1, 0.15) is 0 Å². The lowest BCUT2D eigenvalue weighted by atomic mass is 9.95. The topological polar surface area (TPSA) is 93.1 Å². The molecule has 2 N–H and O–H groups in total. The number of fused-ring (bicyclic) bond motifs is 1. The molecular weight excluding hydrogens is 324 g/mol. The monoisotopic (exact) mass is 348 g/mol. The maximum atomic E-state index is 11.4. The number of carboxylic acid groups (broad SMARTS) is 2. The molecule has 25 heavy (non-hydrogen) atoms. The van der Waals surface area contributed by atoms with Crippen molar-refractivity contribution in [3.05, 3.63) is 40.5 Å². The van der Waals surface area contributed by atoms with E-state index in [0.717, 1.165) is 36.0 Å². The van der Waals surface area contributed by atoms with E-state index in [9.17, 15) is 19.8 Å². The average molecular weight is 348 g/mol. The average Bonchev–Trinajstić information content (AvgIpc) is 2.80. The molecule has 0 amide bonds. The van der Waals surface area contributed by atoms with E-state index in [-0.39, 0.29) is 0 Å². The quantitative estimate of drug-likeness (QED) is 0.522. The first kappa shape index (κ1) is 18.8. The fraction of sp³-hybridized carbons (Fsp3) is 0.474. The van der Waals surface area contributed by atoms with Gasteiger partial charge in [-0.15, -0.1) is 0 Å². The Bertz CT molecular complexity index is 688. The van der Waals surface area contributed by atoms with Crippen LogP contribution < -0.4 is 0 Å². The summed E-state index contributed by atoms with van der Waals surface area (Å²) in [6, 6.07) is 5.43. The highest BCUT2D eigenvalue weighted by atomic mass is 16.8. The number of rotatable bonds is 7. The summed E-state index contributed by atoms with van der Waals surface area (Å²) in [4.78, 5) is 22.8. The summed E-state index contributed by atoms with van der Waals surface area (Å²) in [6.45, 7) is 5.99.